The Kier molecular flexibility index (Phi) is 20.3. The Morgan fingerprint density at radius 1 is 0.336 bits per heavy atom. The van der Waals surface area contributed by atoms with Gasteiger partial charge in [-0.05, 0) is 161 Å². The van der Waals surface area contributed by atoms with E-state index in [4.69, 9.17) is 37.6 Å². The number of ether oxygens (including phenoxy) is 7. The summed E-state index contributed by atoms with van der Waals surface area (Å²) >= 11 is 3.63. The standard InChI is InChI=1S/C27H17N2O4.C27H17N2O2S2.C27H16N2O2.3C11H8N.Ir/c1-5-13-21-17(9-1)25-28(19-11-3-7-15-23(19)30-25)27(32-21)29-20-12-4-8-16-24(20)31-26(29)18-10-2-6-14-22(18)33-27;1-5-13-21-17(9-1)25-28(19-11-3-7-15-23(19)32-25)27(30-21)29-20-12-4-8-16-24(20)33-26(29)18-10-2-6-14-22(18)31-27;1-5-17-11-13-19-7-3-15-28-25(19)23(17)21(9-1)30-27(28)29-16-4-8-20-14-12-18-6-2-10-22(31-27)24(18)26(20)29;3*1-2-6-10(7-3-1)11-8-4-5-9-12-11;/h2*1-16,25H;1-16H;3*1-6,8-9H;/q2*+1;+2;3*-1;+3. The van der Waals surface area contributed by atoms with Crippen LogP contribution in [0.3, 0.4) is 0 Å². The molecule has 640 valence electrons. The largest absolute Gasteiger partial charge is 3.00 e. The van der Waals surface area contributed by atoms with Gasteiger partial charge in [0.2, 0.25) is 28.4 Å². The van der Waals surface area contributed by atoms with Crippen molar-refractivity contribution < 1.29 is 75.9 Å². The third-order valence-electron chi connectivity index (χ3n) is 24.5. The van der Waals surface area contributed by atoms with Crippen LogP contribution in [0.4, 0.5) is 11.4 Å². The summed E-state index contributed by atoms with van der Waals surface area (Å²) in [4.78, 5) is 18.3. The van der Waals surface area contributed by atoms with Crippen molar-refractivity contribution in [1.82, 2.24) is 15.0 Å². The minimum Gasteiger partial charge on any atom is -0.463 e. The van der Waals surface area contributed by atoms with Gasteiger partial charge in [0.25, 0.3) is 10.5 Å². The summed E-state index contributed by atoms with van der Waals surface area (Å²) in [5.41, 5.74) is 17.0. The van der Waals surface area contributed by atoms with Crippen molar-refractivity contribution in [2.24, 2.45) is 0 Å². The van der Waals surface area contributed by atoms with Crippen molar-refractivity contribution >= 4 is 99.1 Å². The predicted molar refractivity (Wildman–Crippen MR) is 514 cm³/mol. The van der Waals surface area contributed by atoms with Crippen molar-refractivity contribution in [3.05, 3.63) is 467 Å². The van der Waals surface area contributed by atoms with Crippen LogP contribution >= 0.6 is 23.1 Å². The second-order valence-corrected chi connectivity index (χ2v) is 34.5. The van der Waals surface area contributed by atoms with Gasteiger partial charge in [-0.3, -0.25) is 0 Å². The molecule has 0 bridgehead atoms. The van der Waals surface area contributed by atoms with Gasteiger partial charge < -0.3 is 52.5 Å². The van der Waals surface area contributed by atoms with Crippen molar-refractivity contribution in [1.29, 1.82) is 0 Å². The monoisotopic (exact) mass is 1950 g/mol. The number of hydrogen-bond donors (Lipinski definition) is 0. The van der Waals surface area contributed by atoms with Gasteiger partial charge >= 0.3 is 44.1 Å². The first kappa shape index (κ1) is 80.9. The average molecular weight is 1950 g/mol. The Hall–Kier alpha value is -16.4. The summed E-state index contributed by atoms with van der Waals surface area (Å²) in [6.07, 6.45) is 9.05. The van der Waals surface area contributed by atoms with Gasteiger partial charge in [0.15, 0.2) is 29.6 Å². The first-order valence-electron chi connectivity index (χ1n) is 43.8. The van der Waals surface area contributed by atoms with E-state index < -0.39 is 24.3 Å². The molecule has 3 spiro atoms. The molecule has 0 radical (unpaired) electrons. The van der Waals surface area contributed by atoms with Crippen LogP contribution in [0.2, 0.25) is 0 Å². The third-order valence-corrected chi connectivity index (χ3v) is 27.0. The van der Waals surface area contributed by atoms with Crippen LogP contribution in [0.25, 0.3) is 120 Å². The fourth-order valence-corrected chi connectivity index (χ4v) is 21.4. The molecule has 22 aromatic rings. The van der Waals surface area contributed by atoms with Gasteiger partial charge in [-0.1, -0.05) is 217 Å². The quantitative estimate of drug-likeness (QED) is 0.0942. The van der Waals surface area contributed by atoms with Crippen LogP contribution in [0.15, 0.2) is 447 Å². The molecule has 17 nitrogen and oxygen atoms in total. The minimum absolute atomic E-state index is 0. The number of thiazole rings is 1. The number of hydrogen-bond acceptors (Lipinski definition) is 15. The molecule has 15 heterocycles. The summed E-state index contributed by atoms with van der Waals surface area (Å²) in [5.74, 6) is 6.16. The number of para-hydroxylation sites is 10. The Bertz CT molecular complexity index is 7600. The second-order valence-electron chi connectivity index (χ2n) is 32.3. The van der Waals surface area contributed by atoms with Crippen LogP contribution in [0.5, 0.6) is 40.2 Å². The average Bonchev–Trinajstić information content (AvgIpc) is 1.38. The minimum atomic E-state index is -1.39. The predicted octanol–water partition coefficient (Wildman–Crippen LogP) is 24.3. The fourth-order valence-electron chi connectivity index (χ4n) is 18.8. The number of anilines is 2. The number of aromatic nitrogens is 7. The number of nitrogens with zero attached hydrogens (tertiary/aromatic N) is 9. The van der Waals surface area contributed by atoms with E-state index in [1.165, 1.54) is 9.60 Å². The van der Waals surface area contributed by atoms with Crippen LogP contribution in [0, 0.1) is 18.2 Å². The van der Waals surface area contributed by atoms with E-state index in [1.54, 1.807) is 29.9 Å². The van der Waals surface area contributed by atoms with Crippen LogP contribution < -0.4 is 61.2 Å². The van der Waals surface area contributed by atoms with Crippen LogP contribution in [-0.2, 0) is 38.2 Å². The molecule has 134 heavy (non-hydrogen) atoms. The van der Waals surface area contributed by atoms with Gasteiger partial charge in [0.05, 0.1) is 27.7 Å². The summed E-state index contributed by atoms with van der Waals surface area (Å²) in [5, 5.41) is 8.00. The van der Waals surface area contributed by atoms with E-state index >= 15 is 0 Å². The molecule has 8 aliphatic heterocycles. The molecule has 8 aliphatic rings. The van der Waals surface area contributed by atoms with Gasteiger partial charge in [-0.25, -0.2) is 4.90 Å². The van der Waals surface area contributed by atoms with Crippen molar-refractivity contribution in [2.75, 3.05) is 9.80 Å². The van der Waals surface area contributed by atoms with E-state index in [0.717, 1.165) is 161 Å². The summed E-state index contributed by atoms with van der Waals surface area (Å²) in [7, 11) is 0. The number of thioether (sulfide) groups is 1. The zero-order valence-corrected chi connectivity index (χ0v) is 75.2. The molecular formula is C114H74IrN9O8S2+4. The molecule has 0 fully saturated rings. The Balaban J connectivity index is 0.0000000930. The van der Waals surface area contributed by atoms with E-state index in [2.05, 4.69) is 209 Å². The number of fused-ring (bicyclic) bond motifs is 26. The molecule has 7 aromatic heterocycles. The third kappa shape index (κ3) is 13.5. The summed E-state index contributed by atoms with van der Waals surface area (Å²) in [6.45, 7) is 0. The molecule has 30 rings (SSSR count). The molecule has 0 saturated carbocycles. The van der Waals surface area contributed by atoms with Gasteiger partial charge in [-0.15, -0.1) is 108 Å². The summed E-state index contributed by atoms with van der Waals surface area (Å²) in [6, 6.07) is 141. The topological polar surface area (TPSA) is 138 Å². The summed E-state index contributed by atoms with van der Waals surface area (Å²) < 4.78 is 63.7. The molecular weight excluding hydrogens is 1880 g/mol. The first-order valence-corrected chi connectivity index (χ1v) is 45.5. The molecule has 20 heteroatoms. The zero-order valence-electron chi connectivity index (χ0n) is 71.2. The Morgan fingerprint density at radius 2 is 0.784 bits per heavy atom. The number of benzene rings is 15. The SMILES string of the molecule is [Ir+3].[c-]1ccccc1-c1ccccn1.[c-]1ccccc1-c1ccccn1.[c-]1ccccc1-c1ccccn1.c1cc2c3c(c1)ccc1ccc[n+](c13)C1(O2)Oc2cccc3ccc4ccc[n+]1c4c23.c1ccc2c(c1)OC1(Oc3ccccc3C3Oc4ccccc4N31)[n+]1c-2oc2ccccc21.c1ccc2c(c1)OC1(Oc3ccccc3C3Sc4ccccc4N31)[n+]1c-2sc2ccccc21. The van der Waals surface area contributed by atoms with Gasteiger partial charge in [-0.2, -0.15) is 4.90 Å². The molecule has 0 aliphatic carbocycles. The molecule has 0 N–H and O–H groups in total. The first-order chi connectivity index (χ1) is 65.9. The Labute approximate surface area is 791 Å². The smallest absolute Gasteiger partial charge is 0.463 e. The normalized spacial score (nSPS) is 16.6. The van der Waals surface area contributed by atoms with E-state index in [1.807, 2.05) is 283 Å². The molecule has 0 saturated heterocycles. The zero-order chi connectivity index (χ0) is 88.0. The number of oxazole rings is 1. The van der Waals surface area contributed by atoms with Crippen molar-refractivity contribution in [2.45, 2.75) is 34.6 Å². The molecule has 4 atom stereocenters. The number of pyridine rings is 5. The molecule has 0 amide bonds. The fraction of sp³-hybridized carbons (Fsp3) is 0.0439. The Morgan fingerprint density at radius 3 is 1.37 bits per heavy atom. The number of rotatable bonds is 3. The maximum atomic E-state index is 6.94. The maximum absolute atomic E-state index is 6.94. The van der Waals surface area contributed by atoms with Crippen LogP contribution in [0.1, 0.15) is 22.7 Å². The second kappa shape index (κ2) is 33.5. The maximum Gasteiger partial charge on any atom is 3.00 e. The molecule has 4 unspecified atom stereocenters. The van der Waals surface area contributed by atoms with Crippen molar-refractivity contribution in [3.63, 3.8) is 0 Å². The van der Waals surface area contributed by atoms with Crippen molar-refractivity contribution in [3.8, 4) is 96.0 Å². The van der Waals surface area contributed by atoms with E-state index in [9.17, 15) is 0 Å². The van der Waals surface area contributed by atoms with Gasteiger partial charge in [0, 0.05) is 64.1 Å². The van der Waals surface area contributed by atoms with E-state index in [-0.39, 0.29) is 25.5 Å². The van der Waals surface area contributed by atoms with Gasteiger partial charge in [0.1, 0.15) is 44.2 Å². The van der Waals surface area contributed by atoms with Crippen LogP contribution in [-0.4, -0.2) is 15.0 Å². The molecule has 15 aromatic carbocycles. The van der Waals surface area contributed by atoms with E-state index in [0.29, 0.717) is 17.4 Å².